The molecule has 31 heavy (non-hydrogen) atoms. The van der Waals surface area contributed by atoms with Crippen LogP contribution in [0.25, 0.3) is 0 Å². The molecule has 0 radical (unpaired) electrons. The van der Waals surface area contributed by atoms with Gasteiger partial charge in [-0.2, -0.15) is 0 Å². The third-order valence-corrected chi connectivity index (χ3v) is 6.98. The fourth-order valence-electron chi connectivity index (χ4n) is 3.46. The molecule has 2 aromatic carbocycles. The minimum atomic E-state index is -3.63. The van der Waals surface area contributed by atoms with Gasteiger partial charge in [-0.3, -0.25) is 9.59 Å². The summed E-state index contributed by atoms with van der Waals surface area (Å²) in [4.78, 5) is 25.6. The first-order valence-corrected chi connectivity index (χ1v) is 11.5. The maximum atomic E-state index is 12.6. The largest absolute Gasteiger partial charge is 0.493 e. The van der Waals surface area contributed by atoms with Crippen molar-refractivity contribution in [3.8, 4) is 11.5 Å². The van der Waals surface area contributed by atoms with E-state index in [-0.39, 0.29) is 35.3 Å². The lowest BCUT2D eigenvalue weighted by molar-refractivity contribution is -0.120. The molecular formula is C22H26N2O6S. The molecule has 8 nitrogen and oxygen atoms in total. The van der Waals surface area contributed by atoms with E-state index in [0.717, 1.165) is 11.3 Å². The number of rotatable bonds is 9. The predicted octanol–water partition coefficient (Wildman–Crippen LogP) is 1.75. The summed E-state index contributed by atoms with van der Waals surface area (Å²) < 4.78 is 35.7. The molecule has 0 bridgehead atoms. The summed E-state index contributed by atoms with van der Waals surface area (Å²) in [6.07, 6.45) is 0.626. The highest BCUT2D eigenvalue weighted by Crippen LogP contribution is 2.30. The van der Waals surface area contributed by atoms with Crippen LogP contribution in [0.2, 0.25) is 0 Å². The Labute approximate surface area is 182 Å². The van der Waals surface area contributed by atoms with Crippen molar-refractivity contribution in [2.24, 2.45) is 0 Å². The molecule has 2 aromatic rings. The van der Waals surface area contributed by atoms with Crippen LogP contribution in [0.4, 0.5) is 5.69 Å². The van der Waals surface area contributed by atoms with Crippen molar-refractivity contribution in [3.05, 3.63) is 47.5 Å². The van der Waals surface area contributed by atoms with Crippen LogP contribution >= 0.6 is 0 Å². The number of fused-ring (bicyclic) bond motifs is 1. The Hall–Kier alpha value is -3.07. The van der Waals surface area contributed by atoms with Gasteiger partial charge in [0, 0.05) is 25.7 Å². The Bertz CT molecular complexity index is 1100. The maximum Gasteiger partial charge on any atom is 0.231 e. The van der Waals surface area contributed by atoms with Crippen LogP contribution in [0, 0.1) is 0 Å². The summed E-state index contributed by atoms with van der Waals surface area (Å²) in [5.41, 5.74) is 2.37. The van der Waals surface area contributed by atoms with Crippen LogP contribution < -0.4 is 19.7 Å². The third-order valence-electron chi connectivity index (χ3n) is 5.27. The molecule has 0 saturated carbocycles. The van der Waals surface area contributed by atoms with Gasteiger partial charge < -0.3 is 19.7 Å². The molecule has 0 aliphatic carbocycles. The summed E-state index contributed by atoms with van der Waals surface area (Å²) in [6.45, 7) is 0.377. The van der Waals surface area contributed by atoms with E-state index in [1.807, 2.05) is 12.1 Å². The second-order valence-corrected chi connectivity index (χ2v) is 9.39. The number of carbonyl (C=O) groups is 2. The summed E-state index contributed by atoms with van der Waals surface area (Å²) in [7, 11) is 1.15. The van der Waals surface area contributed by atoms with Gasteiger partial charge in [0.1, 0.15) is 0 Å². The minimum Gasteiger partial charge on any atom is -0.493 e. The third kappa shape index (κ3) is 5.16. The molecule has 0 fully saturated rings. The second kappa shape index (κ2) is 9.38. The van der Waals surface area contributed by atoms with Gasteiger partial charge in [0.25, 0.3) is 0 Å². The molecule has 1 N–H and O–H groups in total. The molecular weight excluding hydrogens is 420 g/mol. The molecule has 2 amide bonds. The fourth-order valence-corrected chi connectivity index (χ4v) is 4.74. The highest BCUT2D eigenvalue weighted by molar-refractivity contribution is 7.91. The number of amides is 2. The van der Waals surface area contributed by atoms with E-state index in [4.69, 9.17) is 9.47 Å². The lowest BCUT2D eigenvalue weighted by Crippen LogP contribution is -2.27. The van der Waals surface area contributed by atoms with Gasteiger partial charge in [-0.25, -0.2) is 8.42 Å². The van der Waals surface area contributed by atoms with Gasteiger partial charge in [-0.1, -0.05) is 6.07 Å². The van der Waals surface area contributed by atoms with E-state index in [1.165, 1.54) is 17.0 Å². The SMILES string of the molecule is COc1ccc(CCNC(=O)CCS(=O)(=O)c2ccc3c(c2)CC(=O)N3C)cc1OC. The topological polar surface area (TPSA) is 102 Å². The van der Waals surface area contributed by atoms with Crippen LogP contribution in [0.5, 0.6) is 11.5 Å². The minimum absolute atomic E-state index is 0.0709. The van der Waals surface area contributed by atoms with Crippen molar-refractivity contribution in [2.45, 2.75) is 24.2 Å². The molecule has 0 aromatic heterocycles. The summed E-state index contributed by atoms with van der Waals surface area (Å²) in [5, 5.41) is 2.75. The van der Waals surface area contributed by atoms with Gasteiger partial charge >= 0.3 is 0 Å². The molecule has 166 valence electrons. The number of ether oxygens (including phenoxy) is 2. The number of likely N-dealkylation sites (N-methyl/N-ethyl adjacent to an activating group) is 1. The van der Waals surface area contributed by atoms with Gasteiger partial charge in [0.2, 0.25) is 11.8 Å². The Balaban J connectivity index is 1.51. The molecule has 0 saturated heterocycles. The van der Waals surface area contributed by atoms with Gasteiger partial charge in [0.05, 0.1) is 31.3 Å². The first-order chi connectivity index (χ1) is 14.7. The number of sulfone groups is 1. The first kappa shape index (κ1) is 22.6. The first-order valence-electron chi connectivity index (χ1n) is 9.85. The molecule has 0 unspecified atom stereocenters. The predicted molar refractivity (Wildman–Crippen MR) is 116 cm³/mol. The summed E-state index contributed by atoms with van der Waals surface area (Å²) in [6, 6.07) is 10.2. The van der Waals surface area contributed by atoms with Crippen molar-refractivity contribution in [3.63, 3.8) is 0 Å². The molecule has 0 atom stereocenters. The standard InChI is InChI=1S/C22H26N2O6S/c1-24-18-6-5-17(13-16(18)14-22(24)26)31(27,28)11-9-21(25)23-10-8-15-4-7-19(29-2)20(12-15)30-3/h4-7,12-13H,8-11,14H2,1-3H3,(H,23,25). The Morgan fingerprint density at radius 1 is 1.10 bits per heavy atom. The number of benzene rings is 2. The maximum absolute atomic E-state index is 12.6. The van der Waals surface area contributed by atoms with Crippen molar-refractivity contribution in [1.82, 2.24) is 5.32 Å². The lowest BCUT2D eigenvalue weighted by Gasteiger charge is -2.11. The molecule has 1 aliphatic heterocycles. The van der Waals surface area contributed by atoms with Gasteiger partial charge in [-0.15, -0.1) is 0 Å². The zero-order chi connectivity index (χ0) is 22.6. The number of nitrogens with zero attached hydrogens (tertiary/aromatic N) is 1. The smallest absolute Gasteiger partial charge is 0.231 e. The molecule has 3 rings (SSSR count). The quantitative estimate of drug-likeness (QED) is 0.630. The Kier molecular flexibility index (Phi) is 6.84. The second-order valence-electron chi connectivity index (χ2n) is 7.28. The van der Waals surface area contributed by atoms with Gasteiger partial charge in [-0.05, 0) is 47.9 Å². The highest BCUT2D eigenvalue weighted by atomic mass is 32.2. The molecule has 1 aliphatic rings. The van der Waals surface area contributed by atoms with Crippen molar-refractivity contribution >= 4 is 27.3 Å². The molecule has 1 heterocycles. The van der Waals surface area contributed by atoms with Crippen molar-refractivity contribution in [1.29, 1.82) is 0 Å². The average Bonchev–Trinajstić information content (AvgIpc) is 3.05. The number of methoxy groups -OCH3 is 2. The molecule has 9 heteroatoms. The fraction of sp³-hybridized carbons (Fsp3) is 0.364. The molecule has 0 spiro atoms. The van der Waals surface area contributed by atoms with Crippen molar-refractivity contribution < 1.29 is 27.5 Å². The van der Waals surface area contributed by atoms with Gasteiger partial charge in [0.15, 0.2) is 21.3 Å². The van der Waals surface area contributed by atoms with E-state index in [1.54, 1.807) is 33.4 Å². The van der Waals surface area contributed by atoms with E-state index >= 15 is 0 Å². The monoisotopic (exact) mass is 446 g/mol. The zero-order valence-electron chi connectivity index (χ0n) is 17.8. The normalized spacial score (nSPS) is 13.1. The average molecular weight is 447 g/mol. The van der Waals surface area contributed by atoms with E-state index in [9.17, 15) is 18.0 Å². The van der Waals surface area contributed by atoms with Crippen LogP contribution in [-0.4, -0.2) is 53.8 Å². The van der Waals surface area contributed by atoms with Crippen LogP contribution in [-0.2, 0) is 32.3 Å². The van der Waals surface area contributed by atoms with Crippen molar-refractivity contribution in [2.75, 3.05) is 38.5 Å². The zero-order valence-corrected chi connectivity index (χ0v) is 18.6. The summed E-state index contributed by atoms with van der Waals surface area (Å²) >= 11 is 0. The summed E-state index contributed by atoms with van der Waals surface area (Å²) in [5.74, 6) is 0.541. The van der Waals surface area contributed by atoms with Crippen LogP contribution in [0.15, 0.2) is 41.3 Å². The van der Waals surface area contributed by atoms with E-state index < -0.39 is 9.84 Å². The number of hydrogen-bond acceptors (Lipinski definition) is 6. The number of hydrogen-bond donors (Lipinski definition) is 1. The number of carbonyl (C=O) groups excluding carboxylic acids is 2. The Morgan fingerprint density at radius 2 is 1.84 bits per heavy atom. The Morgan fingerprint density at radius 3 is 2.55 bits per heavy atom. The lowest BCUT2D eigenvalue weighted by atomic mass is 10.1. The van der Waals surface area contributed by atoms with E-state index in [0.29, 0.717) is 30.0 Å². The highest BCUT2D eigenvalue weighted by Gasteiger charge is 2.26. The number of anilines is 1. The van der Waals surface area contributed by atoms with E-state index in [2.05, 4.69) is 5.32 Å². The van der Waals surface area contributed by atoms with Crippen LogP contribution in [0.3, 0.4) is 0 Å². The number of nitrogens with one attached hydrogen (secondary N) is 1. The van der Waals surface area contributed by atoms with Crippen LogP contribution in [0.1, 0.15) is 17.5 Å².